The number of aryl methyl sites for hydroxylation is 2. The molecule has 0 radical (unpaired) electrons. The quantitative estimate of drug-likeness (QED) is 0.503. The van der Waals surface area contributed by atoms with Gasteiger partial charge in [0.25, 0.3) is 0 Å². The van der Waals surface area contributed by atoms with Crippen LogP contribution in [0.25, 0.3) is 5.65 Å². The molecule has 0 aromatic carbocycles. The van der Waals surface area contributed by atoms with E-state index in [0.717, 1.165) is 60.1 Å². The van der Waals surface area contributed by atoms with Gasteiger partial charge in [0, 0.05) is 50.9 Å². The lowest BCUT2D eigenvalue weighted by atomic mass is 10.1. The highest BCUT2D eigenvalue weighted by atomic mass is 16.5. The highest BCUT2D eigenvalue weighted by molar-refractivity contribution is 5.79. The molecule has 0 saturated carbocycles. The first-order valence-corrected chi connectivity index (χ1v) is 9.08. The van der Waals surface area contributed by atoms with Crippen LogP contribution in [0.3, 0.4) is 0 Å². The average molecular weight is 354 g/mol. The standard InChI is InChI=1S/C19H26N6O/c1-4-16-15(17(5-2)26-24-16)12-22-19(20-3)21-10-9-14-13-25-11-7-6-8-18(25)23-14/h6-8,11,13H,4-5,9-10,12H2,1-3H3,(H2,20,21,22). The first-order chi connectivity index (χ1) is 12.7. The average Bonchev–Trinajstić information content (AvgIpc) is 3.27. The topological polar surface area (TPSA) is 79.8 Å². The summed E-state index contributed by atoms with van der Waals surface area (Å²) in [5, 5.41) is 10.8. The molecular weight excluding hydrogens is 328 g/mol. The van der Waals surface area contributed by atoms with Gasteiger partial charge in [0.1, 0.15) is 11.4 Å². The van der Waals surface area contributed by atoms with E-state index in [-0.39, 0.29) is 0 Å². The molecule has 3 aromatic heterocycles. The van der Waals surface area contributed by atoms with E-state index in [1.54, 1.807) is 7.05 Å². The van der Waals surface area contributed by atoms with Crippen molar-refractivity contribution in [1.82, 2.24) is 25.2 Å². The third-order valence-corrected chi connectivity index (χ3v) is 4.35. The van der Waals surface area contributed by atoms with Crippen molar-refractivity contribution in [2.45, 2.75) is 39.7 Å². The molecule has 7 nitrogen and oxygen atoms in total. The molecule has 26 heavy (non-hydrogen) atoms. The van der Waals surface area contributed by atoms with Crippen LogP contribution in [0, 0.1) is 0 Å². The molecule has 0 fully saturated rings. The predicted molar refractivity (Wildman–Crippen MR) is 102 cm³/mol. The Balaban J connectivity index is 1.53. The summed E-state index contributed by atoms with van der Waals surface area (Å²) in [4.78, 5) is 8.90. The van der Waals surface area contributed by atoms with Crippen molar-refractivity contribution < 1.29 is 4.52 Å². The maximum Gasteiger partial charge on any atom is 0.191 e. The highest BCUT2D eigenvalue weighted by Crippen LogP contribution is 2.15. The summed E-state index contributed by atoms with van der Waals surface area (Å²) < 4.78 is 7.44. The Morgan fingerprint density at radius 1 is 1.23 bits per heavy atom. The van der Waals surface area contributed by atoms with Crippen molar-refractivity contribution in [3.8, 4) is 0 Å². The smallest absolute Gasteiger partial charge is 0.191 e. The molecule has 0 unspecified atom stereocenters. The molecule has 3 rings (SSSR count). The van der Waals surface area contributed by atoms with Crippen molar-refractivity contribution in [2.24, 2.45) is 4.99 Å². The van der Waals surface area contributed by atoms with Gasteiger partial charge in [0.05, 0.1) is 11.4 Å². The van der Waals surface area contributed by atoms with E-state index in [1.807, 2.05) is 28.8 Å². The van der Waals surface area contributed by atoms with Crippen LogP contribution < -0.4 is 10.6 Å². The summed E-state index contributed by atoms with van der Waals surface area (Å²) >= 11 is 0. The maximum atomic E-state index is 5.41. The fourth-order valence-corrected chi connectivity index (χ4v) is 2.95. The Hall–Kier alpha value is -2.83. The van der Waals surface area contributed by atoms with Gasteiger partial charge >= 0.3 is 0 Å². The summed E-state index contributed by atoms with van der Waals surface area (Å²) in [7, 11) is 1.77. The molecular formula is C19H26N6O. The Morgan fingerprint density at radius 2 is 2.12 bits per heavy atom. The molecule has 3 aromatic rings. The number of aromatic nitrogens is 3. The molecule has 0 aliphatic rings. The molecule has 0 saturated heterocycles. The van der Waals surface area contributed by atoms with Crippen molar-refractivity contribution in [3.63, 3.8) is 0 Å². The molecule has 7 heteroatoms. The zero-order valence-corrected chi connectivity index (χ0v) is 15.6. The molecule has 0 amide bonds. The second kappa shape index (κ2) is 8.51. The molecule has 0 spiro atoms. The Bertz CT molecular complexity index is 825. The van der Waals surface area contributed by atoms with Gasteiger partial charge in [-0.3, -0.25) is 4.99 Å². The van der Waals surface area contributed by atoms with Gasteiger partial charge in [0.15, 0.2) is 5.96 Å². The normalized spacial score (nSPS) is 11.9. The number of rotatable bonds is 7. The number of pyridine rings is 1. The number of hydrogen-bond donors (Lipinski definition) is 2. The number of fused-ring (bicyclic) bond motifs is 1. The van der Waals surface area contributed by atoms with Gasteiger partial charge in [0.2, 0.25) is 0 Å². The van der Waals surface area contributed by atoms with Gasteiger partial charge in [-0.15, -0.1) is 0 Å². The van der Waals surface area contributed by atoms with Gasteiger partial charge in [-0.1, -0.05) is 25.1 Å². The van der Waals surface area contributed by atoms with Crippen LogP contribution in [0.15, 0.2) is 40.1 Å². The third kappa shape index (κ3) is 4.04. The molecule has 0 aliphatic carbocycles. The fourth-order valence-electron chi connectivity index (χ4n) is 2.95. The monoisotopic (exact) mass is 354 g/mol. The maximum absolute atomic E-state index is 5.41. The lowest BCUT2D eigenvalue weighted by Gasteiger charge is -2.11. The minimum Gasteiger partial charge on any atom is -0.361 e. The fraction of sp³-hybridized carbons (Fsp3) is 0.421. The van der Waals surface area contributed by atoms with E-state index in [4.69, 9.17) is 4.52 Å². The van der Waals surface area contributed by atoms with E-state index in [2.05, 4.69) is 45.8 Å². The number of guanidine groups is 1. The van der Waals surface area contributed by atoms with Gasteiger partial charge in [-0.05, 0) is 18.6 Å². The highest BCUT2D eigenvalue weighted by Gasteiger charge is 2.13. The third-order valence-electron chi connectivity index (χ3n) is 4.35. The number of nitrogens with one attached hydrogen (secondary N) is 2. The second-order valence-electron chi connectivity index (χ2n) is 6.04. The molecule has 0 aliphatic heterocycles. The number of imidazole rings is 1. The summed E-state index contributed by atoms with van der Waals surface area (Å²) in [5.74, 6) is 1.70. The second-order valence-corrected chi connectivity index (χ2v) is 6.04. The summed E-state index contributed by atoms with van der Waals surface area (Å²) in [6.07, 6.45) is 6.60. The van der Waals surface area contributed by atoms with Crippen LogP contribution in [0.1, 0.15) is 36.6 Å². The summed E-state index contributed by atoms with van der Waals surface area (Å²) in [6.45, 7) is 5.58. The van der Waals surface area contributed by atoms with E-state index in [0.29, 0.717) is 6.54 Å². The van der Waals surface area contributed by atoms with Crippen molar-refractivity contribution in [1.29, 1.82) is 0 Å². The van der Waals surface area contributed by atoms with Crippen molar-refractivity contribution in [2.75, 3.05) is 13.6 Å². The predicted octanol–water partition coefficient (Wildman–Crippen LogP) is 2.35. The van der Waals surface area contributed by atoms with Crippen LogP contribution in [-0.4, -0.2) is 34.1 Å². The Morgan fingerprint density at radius 3 is 2.85 bits per heavy atom. The first-order valence-electron chi connectivity index (χ1n) is 9.08. The van der Waals surface area contributed by atoms with Crippen LogP contribution in [-0.2, 0) is 25.8 Å². The van der Waals surface area contributed by atoms with Gasteiger partial charge in [-0.2, -0.15) is 0 Å². The van der Waals surface area contributed by atoms with E-state index in [1.165, 1.54) is 0 Å². The number of hydrogen-bond acceptors (Lipinski definition) is 4. The summed E-state index contributed by atoms with van der Waals surface area (Å²) in [6, 6.07) is 6.01. The van der Waals surface area contributed by atoms with Gasteiger partial charge in [-0.25, -0.2) is 4.98 Å². The lowest BCUT2D eigenvalue weighted by molar-refractivity contribution is 0.380. The minimum absolute atomic E-state index is 0.657. The van der Waals surface area contributed by atoms with E-state index >= 15 is 0 Å². The van der Waals surface area contributed by atoms with Crippen LogP contribution in [0.4, 0.5) is 0 Å². The minimum atomic E-state index is 0.657. The van der Waals surface area contributed by atoms with E-state index in [9.17, 15) is 0 Å². The molecule has 3 heterocycles. The SMILES string of the molecule is CCc1noc(CC)c1CNC(=NC)NCCc1cn2ccccc2n1. The van der Waals surface area contributed by atoms with Crippen molar-refractivity contribution in [3.05, 3.63) is 53.3 Å². The lowest BCUT2D eigenvalue weighted by Crippen LogP contribution is -2.38. The molecule has 0 atom stereocenters. The Kier molecular flexibility index (Phi) is 5.88. The zero-order valence-electron chi connectivity index (χ0n) is 15.6. The van der Waals surface area contributed by atoms with Crippen LogP contribution in [0.2, 0.25) is 0 Å². The van der Waals surface area contributed by atoms with Crippen LogP contribution >= 0.6 is 0 Å². The zero-order chi connectivity index (χ0) is 18.4. The molecule has 2 N–H and O–H groups in total. The number of aliphatic imine (C=N–C) groups is 1. The molecule has 138 valence electrons. The van der Waals surface area contributed by atoms with Gasteiger partial charge < -0.3 is 19.6 Å². The van der Waals surface area contributed by atoms with E-state index < -0.39 is 0 Å². The summed E-state index contributed by atoms with van der Waals surface area (Å²) in [5.41, 5.74) is 4.17. The van der Waals surface area contributed by atoms with Crippen LogP contribution in [0.5, 0.6) is 0 Å². The van der Waals surface area contributed by atoms with Crippen molar-refractivity contribution >= 4 is 11.6 Å². The largest absolute Gasteiger partial charge is 0.361 e. The number of nitrogens with zero attached hydrogens (tertiary/aromatic N) is 4. The first kappa shape index (κ1) is 18.0. The molecule has 0 bridgehead atoms. The Labute approximate surface area is 153 Å².